The van der Waals surface area contributed by atoms with Gasteiger partial charge in [-0.05, 0) is 12.3 Å². The van der Waals surface area contributed by atoms with Crippen molar-refractivity contribution in [3.8, 4) is 0 Å². The van der Waals surface area contributed by atoms with Crippen LogP contribution in [-0.2, 0) is 0 Å². The van der Waals surface area contributed by atoms with Crippen molar-refractivity contribution in [2.75, 3.05) is 0 Å². The second-order valence-electron chi connectivity index (χ2n) is 2.98. The van der Waals surface area contributed by atoms with E-state index in [0.717, 1.165) is 0 Å². The van der Waals surface area contributed by atoms with E-state index in [2.05, 4.69) is 20.8 Å². The topological polar surface area (TPSA) is 0 Å². The van der Waals surface area contributed by atoms with Gasteiger partial charge in [0.05, 0.1) is 0 Å². The molecule has 0 N–H and O–H groups in total. The number of hydrogen-bond acceptors (Lipinski definition) is 0. The summed E-state index contributed by atoms with van der Waals surface area (Å²) in [5, 5.41) is 0.271. The van der Waals surface area contributed by atoms with Gasteiger partial charge < -0.3 is 0 Å². The van der Waals surface area contributed by atoms with Gasteiger partial charge in [0.15, 0.2) is 0 Å². The molecule has 7 heavy (non-hydrogen) atoms. The van der Waals surface area contributed by atoms with Gasteiger partial charge in [-0.3, -0.25) is 0 Å². The number of rotatable bonds is 0. The summed E-state index contributed by atoms with van der Waals surface area (Å²) in [6, 6.07) is 0. The Morgan fingerprint density at radius 1 is 1.29 bits per heavy atom. The molecule has 0 aromatic rings. The van der Waals surface area contributed by atoms with Crippen molar-refractivity contribution < 1.29 is 0 Å². The standard InChI is InChI=1S/C6H13Cl/c1-5(7)6(2,3)4/h5H,1-4H3. The van der Waals surface area contributed by atoms with Gasteiger partial charge in [-0.25, -0.2) is 0 Å². The fraction of sp³-hybridized carbons (Fsp3) is 1.00. The predicted molar refractivity (Wildman–Crippen MR) is 34.8 cm³/mol. The fourth-order valence-corrected chi connectivity index (χ4v) is 0. The third-order valence-electron chi connectivity index (χ3n) is 1.19. The first-order valence-electron chi connectivity index (χ1n) is 2.58. The zero-order valence-electron chi connectivity index (χ0n) is 5.46. The van der Waals surface area contributed by atoms with Crippen molar-refractivity contribution in [3.63, 3.8) is 0 Å². The average molecular weight is 121 g/mol. The van der Waals surface area contributed by atoms with E-state index < -0.39 is 0 Å². The highest BCUT2D eigenvalue weighted by Gasteiger charge is 2.16. The van der Waals surface area contributed by atoms with Gasteiger partial charge in [0.25, 0.3) is 0 Å². The highest BCUT2D eigenvalue weighted by molar-refractivity contribution is 6.20. The second kappa shape index (κ2) is 2.04. The van der Waals surface area contributed by atoms with Crippen LogP contribution in [0.2, 0.25) is 0 Å². The maximum Gasteiger partial charge on any atom is 0.0356 e. The first-order valence-corrected chi connectivity index (χ1v) is 3.02. The predicted octanol–water partition coefficient (Wildman–Crippen LogP) is 2.66. The van der Waals surface area contributed by atoms with Crippen LogP contribution in [0.4, 0.5) is 0 Å². The molecule has 0 aliphatic carbocycles. The molecule has 0 saturated heterocycles. The van der Waals surface area contributed by atoms with Crippen LogP contribution < -0.4 is 0 Å². The molecule has 0 saturated carbocycles. The fourth-order valence-electron chi connectivity index (χ4n) is 0. The first-order chi connectivity index (χ1) is 2.94. The molecule has 0 aliphatic heterocycles. The van der Waals surface area contributed by atoms with Gasteiger partial charge in [-0.2, -0.15) is 0 Å². The van der Waals surface area contributed by atoms with Gasteiger partial charge in [-0.1, -0.05) is 20.8 Å². The van der Waals surface area contributed by atoms with E-state index in [9.17, 15) is 0 Å². The zero-order chi connectivity index (χ0) is 6.08. The van der Waals surface area contributed by atoms with E-state index in [-0.39, 0.29) is 10.8 Å². The molecule has 0 bridgehead atoms. The zero-order valence-corrected chi connectivity index (χ0v) is 6.21. The summed E-state index contributed by atoms with van der Waals surface area (Å²) >= 11 is 5.75. The minimum Gasteiger partial charge on any atom is -0.123 e. The average Bonchev–Trinajstić information content (AvgIpc) is 1.31. The highest BCUT2D eigenvalue weighted by Crippen LogP contribution is 2.22. The third-order valence-corrected chi connectivity index (χ3v) is 1.85. The Kier molecular flexibility index (Phi) is 2.12. The van der Waals surface area contributed by atoms with E-state index in [0.29, 0.717) is 0 Å². The van der Waals surface area contributed by atoms with E-state index in [1.807, 2.05) is 6.92 Å². The van der Waals surface area contributed by atoms with Gasteiger partial charge in [0, 0.05) is 5.38 Å². The Morgan fingerprint density at radius 3 is 1.43 bits per heavy atom. The molecule has 0 nitrogen and oxygen atoms in total. The number of alkyl halides is 1. The third kappa shape index (κ3) is 2.93. The van der Waals surface area contributed by atoms with E-state index >= 15 is 0 Å². The lowest BCUT2D eigenvalue weighted by Crippen LogP contribution is -2.16. The molecule has 0 aromatic heterocycles. The van der Waals surface area contributed by atoms with Crippen LogP contribution in [0.25, 0.3) is 0 Å². The van der Waals surface area contributed by atoms with Crippen LogP contribution >= 0.6 is 11.6 Å². The largest absolute Gasteiger partial charge is 0.123 e. The van der Waals surface area contributed by atoms with Crippen LogP contribution in [0.1, 0.15) is 27.7 Å². The molecule has 0 radical (unpaired) electrons. The molecule has 0 amide bonds. The molecule has 1 heteroatoms. The van der Waals surface area contributed by atoms with Crippen molar-refractivity contribution in [2.45, 2.75) is 33.1 Å². The summed E-state index contributed by atoms with van der Waals surface area (Å²) in [5.74, 6) is 0. The molecule has 1 unspecified atom stereocenters. The molecule has 0 fully saturated rings. The van der Waals surface area contributed by atoms with Crippen molar-refractivity contribution in [1.82, 2.24) is 0 Å². The summed E-state index contributed by atoms with van der Waals surface area (Å²) in [6.45, 7) is 8.40. The summed E-state index contributed by atoms with van der Waals surface area (Å²) in [4.78, 5) is 0. The molecular formula is C6H13Cl. The van der Waals surface area contributed by atoms with Crippen molar-refractivity contribution in [3.05, 3.63) is 0 Å². The van der Waals surface area contributed by atoms with Crippen LogP contribution in [-0.4, -0.2) is 5.38 Å². The number of hydrogen-bond donors (Lipinski definition) is 0. The van der Waals surface area contributed by atoms with Crippen LogP contribution in [0.15, 0.2) is 0 Å². The van der Waals surface area contributed by atoms with Crippen LogP contribution in [0.5, 0.6) is 0 Å². The summed E-state index contributed by atoms with van der Waals surface area (Å²) in [7, 11) is 0. The Bertz CT molecular complexity index is 49.7. The lowest BCUT2D eigenvalue weighted by Gasteiger charge is -2.20. The molecule has 0 heterocycles. The monoisotopic (exact) mass is 120 g/mol. The first kappa shape index (κ1) is 7.29. The van der Waals surface area contributed by atoms with Gasteiger partial charge in [0.1, 0.15) is 0 Å². The minimum absolute atomic E-state index is 0.265. The quantitative estimate of drug-likeness (QED) is 0.431. The van der Waals surface area contributed by atoms with E-state index in [1.165, 1.54) is 0 Å². The summed E-state index contributed by atoms with van der Waals surface area (Å²) in [6.07, 6.45) is 0. The lowest BCUT2D eigenvalue weighted by atomic mass is 9.93. The van der Waals surface area contributed by atoms with Crippen molar-refractivity contribution >= 4 is 11.6 Å². The maximum atomic E-state index is 5.75. The van der Waals surface area contributed by atoms with Crippen LogP contribution in [0.3, 0.4) is 0 Å². The second-order valence-corrected chi connectivity index (χ2v) is 3.64. The van der Waals surface area contributed by atoms with Gasteiger partial charge in [0.2, 0.25) is 0 Å². The van der Waals surface area contributed by atoms with E-state index in [1.54, 1.807) is 0 Å². The molecule has 1 atom stereocenters. The smallest absolute Gasteiger partial charge is 0.0356 e. The Morgan fingerprint density at radius 2 is 1.43 bits per heavy atom. The minimum atomic E-state index is 0.265. The molecular weight excluding hydrogens is 108 g/mol. The van der Waals surface area contributed by atoms with Gasteiger partial charge in [-0.15, -0.1) is 11.6 Å². The van der Waals surface area contributed by atoms with Crippen molar-refractivity contribution in [1.29, 1.82) is 0 Å². The Balaban J connectivity index is 3.54. The highest BCUT2D eigenvalue weighted by atomic mass is 35.5. The van der Waals surface area contributed by atoms with Gasteiger partial charge >= 0.3 is 0 Å². The SMILES string of the molecule is CC(Cl)C(C)(C)C. The maximum absolute atomic E-state index is 5.75. The molecule has 0 aliphatic rings. The molecule has 0 rings (SSSR count). The molecule has 0 aromatic carbocycles. The van der Waals surface area contributed by atoms with E-state index in [4.69, 9.17) is 11.6 Å². The van der Waals surface area contributed by atoms with Crippen LogP contribution in [0, 0.1) is 5.41 Å². The summed E-state index contributed by atoms with van der Waals surface area (Å²) < 4.78 is 0. The molecule has 44 valence electrons. The number of halogens is 1. The normalized spacial score (nSPS) is 16.7. The summed E-state index contributed by atoms with van der Waals surface area (Å²) in [5.41, 5.74) is 0.265. The Labute approximate surface area is 50.9 Å². The lowest BCUT2D eigenvalue weighted by molar-refractivity contribution is 0.405. The van der Waals surface area contributed by atoms with Crippen molar-refractivity contribution in [2.24, 2.45) is 5.41 Å². The Hall–Kier alpha value is 0.290. The molecule has 0 spiro atoms.